The molecule has 0 radical (unpaired) electrons. The fraction of sp³-hybridized carbons (Fsp3) is 0.429. The monoisotopic (exact) mass is 263 g/mol. The van der Waals surface area contributed by atoms with Crippen molar-refractivity contribution in [3.63, 3.8) is 0 Å². The first-order valence-electron chi connectivity index (χ1n) is 6.23. The van der Waals surface area contributed by atoms with Gasteiger partial charge < -0.3 is 14.8 Å². The van der Waals surface area contributed by atoms with E-state index in [0.29, 0.717) is 12.2 Å². The van der Waals surface area contributed by atoms with E-state index in [2.05, 4.69) is 5.32 Å². The lowest BCUT2D eigenvalue weighted by Gasteiger charge is -2.06. The van der Waals surface area contributed by atoms with E-state index in [-0.39, 0.29) is 18.6 Å². The molecule has 0 bridgehead atoms. The number of rotatable bonds is 6. The number of nitrogens with one attached hydrogen (secondary N) is 1. The van der Waals surface area contributed by atoms with E-state index >= 15 is 0 Å². The van der Waals surface area contributed by atoms with Gasteiger partial charge in [0.15, 0.2) is 6.61 Å². The summed E-state index contributed by atoms with van der Waals surface area (Å²) in [7, 11) is 1.59. The van der Waals surface area contributed by atoms with Crippen molar-refractivity contribution >= 4 is 11.9 Å². The van der Waals surface area contributed by atoms with Gasteiger partial charge in [0, 0.05) is 13.2 Å². The molecule has 0 atom stereocenters. The smallest absolute Gasteiger partial charge is 0.338 e. The van der Waals surface area contributed by atoms with Crippen LogP contribution in [0.5, 0.6) is 0 Å². The van der Waals surface area contributed by atoms with Crippen LogP contribution in [0.25, 0.3) is 0 Å². The highest BCUT2D eigenvalue weighted by molar-refractivity contribution is 5.91. The molecule has 5 nitrogen and oxygen atoms in total. The van der Waals surface area contributed by atoms with Gasteiger partial charge in [-0.2, -0.15) is 0 Å². The van der Waals surface area contributed by atoms with Gasteiger partial charge in [-0.05, 0) is 30.5 Å². The summed E-state index contributed by atoms with van der Waals surface area (Å²) in [5.41, 5.74) is 1.31. The lowest BCUT2D eigenvalue weighted by molar-refractivity contribution is -0.124. The number of ether oxygens (including phenoxy) is 2. The zero-order chi connectivity index (χ0) is 13.7. The fourth-order valence-corrected chi connectivity index (χ4v) is 1.67. The molecule has 2 rings (SSSR count). The Morgan fingerprint density at radius 1 is 1.37 bits per heavy atom. The van der Waals surface area contributed by atoms with E-state index in [1.807, 2.05) is 6.07 Å². The van der Waals surface area contributed by atoms with Crippen LogP contribution in [0.3, 0.4) is 0 Å². The van der Waals surface area contributed by atoms with Gasteiger partial charge in [0.25, 0.3) is 5.91 Å². The molecule has 0 heterocycles. The second-order valence-corrected chi connectivity index (χ2v) is 4.55. The molecule has 1 aromatic carbocycles. The van der Waals surface area contributed by atoms with Crippen molar-refractivity contribution in [3.05, 3.63) is 35.4 Å². The van der Waals surface area contributed by atoms with E-state index in [4.69, 9.17) is 9.47 Å². The first kappa shape index (κ1) is 13.5. The molecule has 0 aliphatic heterocycles. The van der Waals surface area contributed by atoms with Gasteiger partial charge in [-0.25, -0.2) is 4.79 Å². The predicted octanol–water partition coefficient (Wildman–Crippen LogP) is 1.27. The SMILES string of the molecule is COCc1cccc(C(=O)OCC(=O)NC2CC2)c1. The highest BCUT2D eigenvalue weighted by atomic mass is 16.5. The van der Waals surface area contributed by atoms with E-state index in [1.165, 1.54) is 0 Å². The number of carbonyl (C=O) groups is 2. The molecule has 1 aromatic rings. The van der Waals surface area contributed by atoms with Crippen LogP contribution in [0.2, 0.25) is 0 Å². The van der Waals surface area contributed by atoms with Gasteiger partial charge in [-0.15, -0.1) is 0 Å². The molecule has 0 saturated heterocycles. The third-order valence-corrected chi connectivity index (χ3v) is 2.75. The second-order valence-electron chi connectivity index (χ2n) is 4.55. The summed E-state index contributed by atoms with van der Waals surface area (Å²) in [5.74, 6) is -0.743. The lowest BCUT2D eigenvalue weighted by atomic mass is 10.1. The Kier molecular flexibility index (Phi) is 4.52. The van der Waals surface area contributed by atoms with Crippen LogP contribution in [-0.4, -0.2) is 31.6 Å². The summed E-state index contributed by atoms with van der Waals surface area (Å²) in [6.07, 6.45) is 2.03. The third-order valence-electron chi connectivity index (χ3n) is 2.75. The first-order chi connectivity index (χ1) is 9.19. The van der Waals surface area contributed by atoms with Gasteiger partial charge in [0.05, 0.1) is 12.2 Å². The first-order valence-corrected chi connectivity index (χ1v) is 6.23. The molecule has 1 aliphatic carbocycles. The normalized spacial score (nSPS) is 13.9. The number of amides is 1. The molecular weight excluding hydrogens is 246 g/mol. The summed E-state index contributed by atoms with van der Waals surface area (Å²) in [6, 6.07) is 7.25. The molecular formula is C14H17NO4. The zero-order valence-electron chi connectivity index (χ0n) is 10.8. The average molecular weight is 263 g/mol. The number of methoxy groups -OCH3 is 1. The van der Waals surface area contributed by atoms with Crippen LogP contribution in [0.4, 0.5) is 0 Å². The Morgan fingerprint density at radius 3 is 2.84 bits per heavy atom. The quantitative estimate of drug-likeness (QED) is 0.785. The van der Waals surface area contributed by atoms with Crippen LogP contribution in [0.1, 0.15) is 28.8 Å². The Morgan fingerprint density at radius 2 is 2.16 bits per heavy atom. The molecule has 1 fully saturated rings. The van der Waals surface area contributed by atoms with E-state index < -0.39 is 5.97 Å². The minimum absolute atomic E-state index is 0.232. The molecule has 0 aromatic heterocycles. The van der Waals surface area contributed by atoms with E-state index in [1.54, 1.807) is 25.3 Å². The van der Waals surface area contributed by atoms with E-state index in [0.717, 1.165) is 18.4 Å². The van der Waals surface area contributed by atoms with Crippen molar-refractivity contribution < 1.29 is 19.1 Å². The molecule has 0 spiro atoms. The minimum atomic E-state index is -0.496. The number of hydrogen-bond acceptors (Lipinski definition) is 4. The van der Waals surface area contributed by atoms with Crippen molar-refractivity contribution in [2.24, 2.45) is 0 Å². The summed E-state index contributed by atoms with van der Waals surface area (Å²) in [5, 5.41) is 2.76. The van der Waals surface area contributed by atoms with E-state index in [9.17, 15) is 9.59 Å². The number of hydrogen-bond donors (Lipinski definition) is 1. The third kappa shape index (κ3) is 4.37. The molecule has 102 valence electrons. The van der Waals surface area contributed by atoms with Crippen molar-refractivity contribution in [1.82, 2.24) is 5.32 Å². The van der Waals surface area contributed by atoms with Gasteiger partial charge in [0.1, 0.15) is 0 Å². The molecule has 1 N–H and O–H groups in total. The number of esters is 1. The van der Waals surface area contributed by atoms with Gasteiger partial charge in [-0.1, -0.05) is 12.1 Å². The van der Waals surface area contributed by atoms with Crippen molar-refractivity contribution in [3.8, 4) is 0 Å². The Labute approximate surface area is 111 Å². The van der Waals surface area contributed by atoms with Crippen LogP contribution < -0.4 is 5.32 Å². The molecule has 1 saturated carbocycles. The minimum Gasteiger partial charge on any atom is -0.452 e. The summed E-state index contributed by atoms with van der Waals surface area (Å²) < 4.78 is 9.96. The zero-order valence-corrected chi connectivity index (χ0v) is 10.8. The van der Waals surface area contributed by atoms with Crippen LogP contribution in [0, 0.1) is 0 Å². The van der Waals surface area contributed by atoms with Crippen molar-refractivity contribution in [2.75, 3.05) is 13.7 Å². The van der Waals surface area contributed by atoms with Crippen molar-refractivity contribution in [1.29, 1.82) is 0 Å². The molecule has 0 unspecified atom stereocenters. The van der Waals surface area contributed by atoms with Crippen molar-refractivity contribution in [2.45, 2.75) is 25.5 Å². The highest BCUT2D eigenvalue weighted by Gasteiger charge is 2.23. The molecule has 5 heteroatoms. The largest absolute Gasteiger partial charge is 0.452 e. The molecule has 1 amide bonds. The summed E-state index contributed by atoms with van der Waals surface area (Å²) >= 11 is 0. The summed E-state index contributed by atoms with van der Waals surface area (Å²) in [6.45, 7) is 0.202. The highest BCUT2D eigenvalue weighted by Crippen LogP contribution is 2.18. The lowest BCUT2D eigenvalue weighted by Crippen LogP contribution is -2.30. The standard InChI is InChI=1S/C14H17NO4/c1-18-8-10-3-2-4-11(7-10)14(17)19-9-13(16)15-12-5-6-12/h2-4,7,12H,5-6,8-9H2,1H3,(H,15,16). The number of carbonyl (C=O) groups excluding carboxylic acids is 2. The van der Waals surface area contributed by atoms with Crippen LogP contribution in [-0.2, 0) is 20.9 Å². The Bertz CT molecular complexity index is 468. The second kappa shape index (κ2) is 6.33. The van der Waals surface area contributed by atoms with Gasteiger partial charge in [-0.3, -0.25) is 4.79 Å². The average Bonchev–Trinajstić information content (AvgIpc) is 3.20. The number of benzene rings is 1. The van der Waals surface area contributed by atoms with Crippen LogP contribution in [0.15, 0.2) is 24.3 Å². The summed E-state index contributed by atoms with van der Waals surface area (Å²) in [4.78, 5) is 23.2. The molecule has 19 heavy (non-hydrogen) atoms. The Balaban J connectivity index is 1.84. The predicted molar refractivity (Wildman–Crippen MR) is 68.6 cm³/mol. The molecule has 1 aliphatic rings. The van der Waals surface area contributed by atoms with Gasteiger partial charge >= 0.3 is 5.97 Å². The van der Waals surface area contributed by atoms with Crippen LogP contribution >= 0.6 is 0 Å². The van der Waals surface area contributed by atoms with Gasteiger partial charge in [0.2, 0.25) is 0 Å². The maximum absolute atomic E-state index is 11.8. The Hall–Kier alpha value is -1.88. The topological polar surface area (TPSA) is 64.6 Å². The maximum Gasteiger partial charge on any atom is 0.338 e. The maximum atomic E-state index is 11.8. The fourth-order valence-electron chi connectivity index (χ4n) is 1.67.